The van der Waals surface area contributed by atoms with Crippen LogP contribution in [0.2, 0.25) is 5.02 Å². The second-order valence-electron chi connectivity index (χ2n) is 3.13. The Bertz CT molecular complexity index is 377. The van der Waals surface area contributed by atoms with Crippen LogP contribution in [0.5, 0.6) is 0 Å². The number of hydrogen-bond acceptors (Lipinski definition) is 3. The normalized spacial score (nSPS) is 8.88. The molecule has 5 heteroatoms. The molecule has 0 atom stereocenters. The largest absolute Gasteiger partial charge is 0.481 e. The number of halogens is 1. The predicted molar refractivity (Wildman–Crippen MR) is 65.1 cm³/mol. The van der Waals surface area contributed by atoms with Crippen molar-refractivity contribution in [3.63, 3.8) is 0 Å². The highest BCUT2D eigenvalue weighted by molar-refractivity contribution is 6.30. The van der Waals surface area contributed by atoms with Crippen molar-refractivity contribution in [2.45, 2.75) is 20.3 Å². The number of carboxylic acids is 1. The van der Waals surface area contributed by atoms with E-state index in [0.717, 1.165) is 5.56 Å². The van der Waals surface area contributed by atoms with Crippen LogP contribution < -0.4 is 0 Å². The molecule has 0 fully saturated rings. The Morgan fingerprint density at radius 3 is 2.41 bits per heavy atom. The average Bonchev–Trinajstić information content (AvgIpc) is 2.16. The van der Waals surface area contributed by atoms with Gasteiger partial charge in [-0.3, -0.25) is 9.59 Å². The molecule has 0 heterocycles. The van der Waals surface area contributed by atoms with E-state index in [1.165, 1.54) is 6.92 Å². The molecule has 0 aliphatic heterocycles. The molecule has 0 radical (unpaired) electrons. The number of carboxylic acid groups (broad SMARTS) is 1. The van der Waals surface area contributed by atoms with Crippen LogP contribution in [0, 0.1) is 0 Å². The highest BCUT2D eigenvalue weighted by Crippen LogP contribution is 2.10. The summed E-state index contributed by atoms with van der Waals surface area (Å²) < 4.78 is 4.40. The zero-order valence-corrected chi connectivity index (χ0v) is 10.5. The molecule has 0 aliphatic rings. The number of ether oxygens (including phenoxy) is 1. The van der Waals surface area contributed by atoms with Crippen molar-refractivity contribution < 1.29 is 19.4 Å². The van der Waals surface area contributed by atoms with Gasteiger partial charge < -0.3 is 9.84 Å². The second kappa shape index (κ2) is 8.58. The van der Waals surface area contributed by atoms with Crippen LogP contribution in [0.3, 0.4) is 0 Å². The van der Waals surface area contributed by atoms with E-state index in [2.05, 4.69) is 4.74 Å². The standard InChI is InChI=1S/C8H7ClO2.C4H8O2/c9-7-3-1-2-6(4-7)5-8(10)11;1-3-6-4(2)5/h1-4H,5H2,(H,10,11);3H2,1-2H3. The molecule has 1 N–H and O–H groups in total. The lowest BCUT2D eigenvalue weighted by Crippen LogP contribution is -1.99. The van der Waals surface area contributed by atoms with Crippen molar-refractivity contribution in [1.29, 1.82) is 0 Å². The van der Waals surface area contributed by atoms with Crippen molar-refractivity contribution in [1.82, 2.24) is 0 Å². The Hall–Kier alpha value is -1.55. The first kappa shape index (κ1) is 15.5. The Labute approximate surface area is 105 Å². The van der Waals surface area contributed by atoms with Gasteiger partial charge in [0.1, 0.15) is 0 Å². The molecular formula is C12H15ClO4. The molecule has 1 rings (SSSR count). The second-order valence-corrected chi connectivity index (χ2v) is 3.56. The van der Waals surface area contributed by atoms with Gasteiger partial charge in [-0.25, -0.2) is 0 Å². The van der Waals surface area contributed by atoms with Crippen LogP contribution in [0.25, 0.3) is 0 Å². The van der Waals surface area contributed by atoms with Gasteiger partial charge in [-0.05, 0) is 24.6 Å². The topological polar surface area (TPSA) is 63.6 Å². The molecule has 1 aromatic carbocycles. The van der Waals surface area contributed by atoms with Crippen molar-refractivity contribution >= 4 is 23.5 Å². The maximum atomic E-state index is 10.2. The summed E-state index contributed by atoms with van der Waals surface area (Å²) in [5, 5.41) is 8.99. The molecule has 0 amide bonds. The van der Waals surface area contributed by atoms with Crippen LogP contribution in [0.1, 0.15) is 19.4 Å². The lowest BCUT2D eigenvalue weighted by atomic mass is 10.2. The molecule has 0 bridgehead atoms. The highest BCUT2D eigenvalue weighted by atomic mass is 35.5. The zero-order chi connectivity index (χ0) is 13.3. The Morgan fingerprint density at radius 1 is 1.41 bits per heavy atom. The minimum atomic E-state index is -0.840. The predicted octanol–water partition coefficient (Wildman–Crippen LogP) is 2.54. The quantitative estimate of drug-likeness (QED) is 0.847. The van der Waals surface area contributed by atoms with Gasteiger partial charge >= 0.3 is 11.9 Å². The first-order chi connectivity index (χ1) is 7.95. The molecule has 0 saturated heterocycles. The maximum absolute atomic E-state index is 10.2. The summed E-state index contributed by atoms with van der Waals surface area (Å²) in [6.07, 6.45) is 0.0283. The summed E-state index contributed by atoms with van der Waals surface area (Å²) in [4.78, 5) is 20.1. The smallest absolute Gasteiger partial charge is 0.307 e. The molecular weight excluding hydrogens is 244 g/mol. The van der Waals surface area contributed by atoms with Crippen LogP contribution in [-0.2, 0) is 20.7 Å². The zero-order valence-electron chi connectivity index (χ0n) is 9.77. The summed E-state index contributed by atoms with van der Waals surface area (Å²) in [6.45, 7) is 3.65. The van der Waals surface area contributed by atoms with E-state index in [-0.39, 0.29) is 12.4 Å². The van der Waals surface area contributed by atoms with Gasteiger partial charge in [-0.2, -0.15) is 0 Å². The molecule has 1 aromatic rings. The number of rotatable bonds is 3. The Kier molecular flexibility index (Phi) is 7.80. The minimum Gasteiger partial charge on any atom is -0.481 e. The van der Waals surface area contributed by atoms with Crippen molar-refractivity contribution in [2.24, 2.45) is 0 Å². The lowest BCUT2D eigenvalue weighted by molar-refractivity contribution is -0.140. The van der Waals surface area contributed by atoms with E-state index in [1.807, 2.05) is 0 Å². The number of benzene rings is 1. The van der Waals surface area contributed by atoms with Crippen LogP contribution in [0.4, 0.5) is 0 Å². The van der Waals surface area contributed by atoms with E-state index in [4.69, 9.17) is 16.7 Å². The maximum Gasteiger partial charge on any atom is 0.307 e. The third-order valence-corrected chi connectivity index (χ3v) is 1.83. The fraction of sp³-hybridized carbons (Fsp3) is 0.333. The fourth-order valence-corrected chi connectivity index (χ4v) is 1.24. The SMILES string of the molecule is CCOC(C)=O.O=C(O)Cc1cccc(Cl)c1. The number of esters is 1. The van der Waals surface area contributed by atoms with Gasteiger partial charge in [0.2, 0.25) is 0 Å². The molecule has 0 saturated carbocycles. The Morgan fingerprint density at radius 2 is 2.06 bits per heavy atom. The van der Waals surface area contributed by atoms with Gasteiger partial charge in [-0.15, -0.1) is 0 Å². The van der Waals surface area contributed by atoms with E-state index < -0.39 is 5.97 Å². The molecule has 17 heavy (non-hydrogen) atoms. The summed E-state index contributed by atoms with van der Waals surface area (Å²) in [5.74, 6) is -1.05. The van der Waals surface area contributed by atoms with Gasteiger partial charge in [-0.1, -0.05) is 23.7 Å². The first-order valence-corrected chi connectivity index (χ1v) is 5.43. The van der Waals surface area contributed by atoms with Crippen LogP contribution in [0.15, 0.2) is 24.3 Å². The number of carbonyl (C=O) groups is 2. The number of aliphatic carboxylic acids is 1. The summed E-state index contributed by atoms with van der Waals surface area (Å²) in [5.41, 5.74) is 0.727. The molecule has 0 aliphatic carbocycles. The highest BCUT2D eigenvalue weighted by Gasteiger charge is 1.99. The average molecular weight is 259 g/mol. The lowest BCUT2D eigenvalue weighted by Gasteiger charge is -1.95. The summed E-state index contributed by atoms with van der Waals surface area (Å²) >= 11 is 5.64. The van der Waals surface area contributed by atoms with E-state index in [0.29, 0.717) is 11.6 Å². The minimum absolute atomic E-state index is 0.0283. The first-order valence-electron chi connectivity index (χ1n) is 5.05. The molecule has 0 aromatic heterocycles. The van der Waals surface area contributed by atoms with Gasteiger partial charge in [0, 0.05) is 11.9 Å². The number of carbonyl (C=O) groups excluding carboxylic acids is 1. The van der Waals surface area contributed by atoms with Gasteiger partial charge in [0.25, 0.3) is 0 Å². The molecule has 0 unspecified atom stereocenters. The molecule has 0 spiro atoms. The van der Waals surface area contributed by atoms with Crippen LogP contribution in [-0.4, -0.2) is 23.7 Å². The number of hydrogen-bond donors (Lipinski definition) is 1. The third-order valence-electron chi connectivity index (χ3n) is 1.59. The van der Waals surface area contributed by atoms with Gasteiger partial charge in [0.05, 0.1) is 13.0 Å². The monoisotopic (exact) mass is 258 g/mol. The van der Waals surface area contributed by atoms with E-state index in [9.17, 15) is 9.59 Å². The van der Waals surface area contributed by atoms with Crippen molar-refractivity contribution in [3.05, 3.63) is 34.9 Å². The Balaban J connectivity index is 0.000000366. The van der Waals surface area contributed by atoms with E-state index in [1.54, 1.807) is 31.2 Å². The van der Waals surface area contributed by atoms with Crippen LogP contribution >= 0.6 is 11.6 Å². The van der Waals surface area contributed by atoms with Crippen molar-refractivity contribution in [3.8, 4) is 0 Å². The summed E-state index contributed by atoms with van der Waals surface area (Å²) in [7, 11) is 0. The molecule has 4 nitrogen and oxygen atoms in total. The third kappa shape index (κ3) is 9.38. The summed E-state index contributed by atoms with van der Waals surface area (Å²) in [6, 6.07) is 6.84. The van der Waals surface area contributed by atoms with E-state index >= 15 is 0 Å². The van der Waals surface area contributed by atoms with Gasteiger partial charge in [0.15, 0.2) is 0 Å². The van der Waals surface area contributed by atoms with Crippen molar-refractivity contribution in [2.75, 3.05) is 6.61 Å². The molecule has 94 valence electrons. The fourth-order valence-electron chi connectivity index (χ4n) is 1.02.